The van der Waals surface area contributed by atoms with E-state index in [9.17, 15) is 22.8 Å². The Morgan fingerprint density at radius 3 is 2.15 bits per heavy atom. The molecule has 0 bridgehead atoms. The van der Waals surface area contributed by atoms with Gasteiger partial charge in [0.2, 0.25) is 0 Å². The Labute approximate surface area is 196 Å². The maximum absolute atomic E-state index is 13.5. The number of aryl methyl sites for hydroxylation is 1. The van der Waals surface area contributed by atoms with Crippen molar-refractivity contribution >= 4 is 40.3 Å². The number of esters is 1. The van der Waals surface area contributed by atoms with E-state index in [1.54, 1.807) is 27.7 Å². The van der Waals surface area contributed by atoms with Crippen LogP contribution in [-0.4, -0.2) is 26.9 Å². The third-order valence-electron chi connectivity index (χ3n) is 4.46. The maximum Gasteiger partial charge on any atom is 0.573 e. The van der Waals surface area contributed by atoms with E-state index in [4.69, 9.17) is 27.9 Å². The number of alkyl halides is 3. The highest BCUT2D eigenvalue weighted by Gasteiger charge is 2.33. The van der Waals surface area contributed by atoms with Crippen LogP contribution in [0.3, 0.4) is 0 Å². The molecule has 33 heavy (non-hydrogen) atoms. The SMILES string of the molecule is CCn1c(=O)c(-c2c(Cl)cc(OC(F)(F)F)cc2Cl)c(OC(=O)C(C)(C)C)c2nccnc21. The summed E-state index contributed by atoms with van der Waals surface area (Å²) in [7, 11) is 0. The maximum atomic E-state index is 13.5. The molecule has 0 amide bonds. The Kier molecular flexibility index (Phi) is 6.63. The zero-order valence-electron chi connectivity index (χ0n) is 17.9. The topological polar surface area (TPSA) is 83.3 Å². The van der Waals surface area contributed by atoms with Crippen molar-refractivity contribution < 1.29 is 27.4 Å². The number of ether oxygens (including phenoxy) is 2. The van der Waals surface area contributed by atoms with Crippen molar-refractivity contribution in [2.75, 3.05) is 0 Å². The first-order valence-corrected chi connectivity index (χ1v) is 10.3. The second-order valence-corrected chi connectivity index (χ2v) is 8.75. The van der Waals surface area contributed by atoms with Gasteiger partial charge in [-0.25, -0.2) is 9.97 Å². The molecule has 3 aromatic rings. The zero-order chi connectivity index (χ0) is 24.7. The molecule has 0 saturated heterocycles. The van der Waals surface area contributed by atoms with Crippen molar-refractivity contribution in [2.24, 2.45) is 5.41 Å². The lowest BCUT2D eigenvalue weighted by atomic mass is 9.97. The lowest BCUT2D eigenvalue weighted by molar-refractivity contribution is -0.274. The first-order chi connectivity index (χ1) is 15.2. The second kappa shape index (κ2) is 8.83. The Hall–Kier alpha value is -2.85. The summed E-state index contributed by atoms with van der Waals surface area (Å²) in [5.74, 6) is -1.61. The lowest BCUT2D eigenvalue weighted by Gasteiger charge is -2.21. The van der Waals surface area contributed by atoms with E-state index in [1.807, 2.05) is 0 Å². The fourth-order valence-corrected chi connectivity index (χ4v) is 3.63. The summed E-state index contributed by atoms with van der Waals surface area (Å²) in [6.07, 6.45) is -2.27. The van der Waals surface area contributed by atoms with Crippen LogP contribution in [0.15, 0.2) is 29.3 Å². The Morgan fingerprint density at radius 2 is 1.64 bits per heavy atom. The summed E-state index contributed by atoms with van der Waals surface area (Å²) >= 11 is 12.5. The van der Waals surface area contributed by atoms with E-state index in [2.05, 4.69) is 14.7 Å². The number of aromatic nitrogens is 3. The number of benzene rings is 1. The normalized spacial score (nSPS) is 12.2. The lowest BCUT2D eigenvalue weighted by Crippen LogP contribution is -2.29. The number of nitrogens with zero attached hydrogens (tertiary/aromatic N) is 3. The third-order valence-corrected chi connectivity index (χ3v) is 5.05. The summed E-state index contributed by atoms with van der Waals surface area (Å²) in [4.78, 5) is 34.6. The highest BCUT2D eigenvalue weighted by molar-refractivity contribution is 6.39. The minimum absolute atomic E-state index is 0.0781. The van der Waals surface area contributed by atoms with Crippen molar-refractivity contribution in [2.45, 2.75) is 40.6 Å². The molecule has 0 fully saturated rings. The number of fused-ring (bicyclic) bond motifs is 1. The van der Waals surface area contributed by atoms with Gasteiger partial charge in [0, 0.05) is 24.5 Å². The predicted molar refractivity (Wildman–Crippen MR) is 117 cm³/mol. The van der Waals surface area contributed by atoms with Crippen LogP contribution in [-0.2, 0) is 11.3 Å². The highest BCUT2D eigenvalue weighted by atomic mass is 35.5. The summed E-state index contributed by atoms with van der Waals surface area (Å²) in [6, 6.07) is 1.73. The van der Waals surface area contributed by atoms with E-state index in [0.29, 0.717) is 0 Å². The van der Waals surface area contributed by atoms with Gasteiger partial charge in [0.1, 0.15) is 11.3 Å². The van der Waals surface area contributed by atoms with Crippen LogP contribution in [0.1, 0.15) is 27.7 Å². The average Bonchev–Trinajstić information content (AvgIpc) is 2.67. The van der Waals surface area contributed by atoms with Crippen molar-refractivity contribution in [3.05, 3.63) is 44.9 Å². The zero-order valence-corrected chi connectivity index (χ0v) is 19.4. The quantitative estimate of drug-likeness (QED) is 0.428. The third kappa shape index (κ3) is 5.06. The fraction of sp³-hybridized carbons (Fsp3) is 0.333. The Morgan fingerprint density at radius 1 is 1.06 bits per heavy atom. The number of carbonyl (C=O) groups excluding carboxylic acids is 1. The average molecular weight is 504 g/mol. The van der Waals surface area contributed by atoms with Gasteiger partial charge in [-0.2, -0.15) is 0 Å². The van der Waals surface area contributed by atoms with E-state index < -0.39 is 29.1 Å². The molecule has 1 aromatic carbocycles. The van der Waals surface area contributed by atoms with Gasteiger partial charge in [-0.05, 0) is 39.8 Å². The van der Waals surface area contributed by atoms with Crippen LogP contribution < -0.4 is 15.0 Å². The van der Waals surface area contributed by atoms with Crippen molar-refractivity contribution in [3.8, 4) is 22.6 Å². The number of hydrogen-bond acceptors (Lipinski definition) is 6. The van der Waals surface area contributed by atoms with Crippen LogP contribution in [0.2, 0.25) is 10.0 Å². The van der Waals surface area contributed by atoms with E-state index in [-0.39, 0.29) is 44.6 Å². The van der Waals surface area contributed by atoms with Crippen LogP contribution >= 0.6 is 23.2 Å². The largest absolute Gasteiger partial charge is 0.573 e. The monoisotopic (exact) mass is 503 g/mol. The molecule has 0 aliphatic rings. The van der Waals surface area contributed by atoms with Gasteiger partial charge in [-0.15, -0.1) is 13.2 Å². The molecular formula is C21H18Cl2F3N3O4. The van der Waals surface area contributed by atoms with Crippen molar-refractivity contribution in [1.82, 2.24) is 14.5 Å². The summed E-state index contributed by atoms with van der Waals surface area (Å²) in [5.41, 5.74) is -1.77. The summed E-state index contributed by atoms with van der Waals surface area (Å²) in [6.45, 7) is 6.68. The number of halogens is 5. The van der Waals surface area contributed by atoms with Crippen LogP contribution in [0.5, 0.6) is 11.5 Å². The van der Waals surface area contributed by atoms with Crippen LogP contribution in [0.4, 0.5) is 13.2 Å². The molecule has 2 heterocycles. The smallest absolute Gasteiger partial charge is 0.423 e. The molecule has 0 aliphatic heterocycles. The molecule has 0 saturated carbocycles. The number of hydrogen-bond donors (Lipinski definition) is 0. The molecule has 3 rings (SSSR count). The molecule has 176 valence electrons. The Balaban J connectivity index is 2.39. The van der Waals surface area contributed by atoms with Gasteiger partial charge in [0.05, 0.1) is 21.0 Å². The van der Waals surface area contributed by atoms with Crippen LogP contribution in [0.25, 0.3) is 22.3 Å². The number of pyridine rings is 1. The van der Waals surface area contributed by atoms with Gasteiger partial charge < -0.3 is 9.47 Å². The molecular weight excluding hydrogens is 486 g/mol. The van der Waals surface area contributed by atoms with Gasteiger partial charge >= 0.3 is 12.3 Å². The second-order valence-electron chi connectivity index (χ2n) is 7.93. The number of carbonyl (C=O) groups is 1. The summed E-state index contributed by atoms with van der Waals surface area (Å²) in [5, 5.41) is -0.643. The van der Waals surface area contributed by atoms with E-state index >= 15 is 0 Å². The first kappa shape index (κ1) is 24.8. The van der Waals surface area contributed by atoms with E-state index in [1.165, 1.54) is 17.0 Å². The molecule has 0 N–H and O–H groups in total. The van der Waals surface area contributed by atoms with Gasteiger partial charge in [-0.3, -0.25) is 14.2 Å². The minimum atomic E-state index is -4.98. The van der Waals surface area contributed by atoms with Crippen LogP contribution in [0, 0.1) is 5.41 Å². The van der Waals surface area contributed by atoms with Crippen molar-refractivity contribution in [1.29, 1.82) is 0 Å². The van der Waals surface area contributed by atoms with E-state index in [0.717, 1.165) is 12.1 Å². The minimum Gasteiger partial charge on any atom is -0.423 e. The Bertz CT molecular complexity index is 1280. The van der Waals surface area contributed by atoms with Gasteiger partial charge in [0.15, 0.2) is 11.4 Å². The van der Waals surface area contributed by atoms with Crippen molar-refractivity contribution in [3.63, 3.8) is 0 Å². The van der Waals surface area contributed by atoms with Gasteiger partial charge in [0.25, 0.3) is 5.56 Å². The molecule has 0 aliphatic carbocycles. The summed E-state index contributed by atoms with van der Waals surface area (Å²) < 4.78 is 48.7. The number of rotatable bonds is 4. The van der Waals surface area contributed by atoms with Gasteiger partial charge in [-0.1, -0.05) is 23.2 Å². The highest BCUT2D eigenvalue weighted by Crippen LogP contribution is 2.43. The fourth-order valence-electron chi connectivity index (χ4n) is 2.98. The molecule has 0 unspecified atom stereocenters. The molecule has 0 spiro atoms. The molecule has 0 radical (unpaired) electrons. The molecule has 2 aromatic heterocycles. The molecule has 7 nitrogen and oxygen atoms in total. The standard InChI is InChI=1S/C21H18Cl2F3N3O4/c1-5-29-17-15(27-6-7-28-17)16(32-19(31)20(2,3)4)14(18(29)30)13-11(22)8-10(9-12(13)23)33-21(24,25)26/h6-9H,5H2,1-4H3. The predicted octanol–water partition coefficient (Wildman–Crippen LogP) is 5.64. The first-order valence-electron chi connectivity index (χ1n) is 9.59. The molecule has 12 heteroatoms. The molecule has 0 atom stereocenters.